The van der Waals surface area contributed by atoms with E-state index >= 15 is 0 Å². The highest BCUT2D eigenvalue weighted by atomic mass is 35.5. The Balaban J connectivity index is 3.40. The summed E-state index contributed by atoms with van der Waals surface area (Å²) in [6.07, 6.45) is 1.02. The van der Waals surface area contributed by atoms with Gasteiger partial charge >= 0.3 is 5.97 Å². The summed E-state index contributed by atoms with van der Waals surface area (Å²) < 4.78 is 9.59. The van der Waals surface area contributed by atoms with E-state index in [2.05, 4.69) is 0 Å². The van der Waals surface area contributed by atoms with Gasteiger partial charge in [0.05, 0.1) is 14.2 Å². The van der Waals surface area contributed by atoms with E-state index in [1.165, 1.54) is 21.1 Å². The highest BCUT2D eigenvalue weighted by molar-refractivity contribution is 6.49. The van der Waals surface area contributed by atoms with Gasteiger partial charge in [-0.3, -0.25) is 9.59 Å². The molecule has 1 rings (SSSR count). The number of hydrogen-bond donors (Lipinski definition) is 1. The molecule has 19 heavy (non-hydrogen) atoms. The van der Waals surface area contributed by atoms with Gasteiger partial charge in [0, 0.05) is 11.1 Å². The van der Waals surface area contributed by atoms with Crippen molar-refractivity contribution in [3.63, 3.8) is 0 Å². The second-order valence-electron chi connectivity index (χ2n) is 3.58. The molecule has 0 spiro atoms. The van der Waals surface area contributed by atoms with E-state index in [-0.39, 0.29) is 22.7 Å². The number of carbonyl (C=O) groups is 3. The Bertz CT molecular complexity index is 553. The fraction of sp³-hybridized carbons (Fsp3) is 0.250. The third kappa shape index (κ3) is 2.68. The molecule has 1 aliphatic carbocycles. The van der Waals surface area contributed by atoms with E-state index in [9.17, 15) is 14.4 Å². The predicted molar refractivity (Wildman–Crippen MR) is 65.3 cm³/mol. The standard InChI is InChI=1S/C12H11ClO6/c1-5(12(16)17)4-6-7(13)9(15)11(19-3)10(18-2)8(6)14/h4H,1-3H3,(H,16,17). The molecular weight excluding hydrogens is 276 g/mol. The van der Waals surface area contributed by atoms with Gasteiger partial charge in [-0.05, 0) is 13.0 Å². The fourth-order valence-electron chi connectivity index (χ4n) is 1.43. The molecule has 0 heterocycles. The molecule has 0 bridgehead atoms. The monoisotopic (exact) mass is 286 g/mol. The molecule has 1 aliphatic rings. The maximum absolute atomic E-state index is 12.0. The minimum Gasteiger partial charge on any atom is -0.489 e. The number of allylic oxidation sites excluding steroid dienone is 3. The molecule has 0 amide bonds. The third-order valence-corrected chi connectivity index (χ3v) is 2.78. The van der Waals surface area contributed by atoms with Crippen LogP contribution in [0.1, 0.15) is 6.92 Å². The van der Waals surface area contributed by atoms with E-state index in [1.807, 2.05) is 0 Å². The molecule has 0 aromatic carbocycles. The quantitative estimate of drug-likeness (QED) is 0.616. The van der Waals surface area contributed by atoms with Crippen LogP contribution in [-0.4, -0.2) is 36.9 Å². The predicted octanol–water partition coefficient (Wildman–Crippen LogP) is 1.17. The number of halogens is 1. The summed E-state index contributed by atoms with van der Waals surface area (Å²) in [5.41, 5.74) is -0.366. The zero-order chi connectivity index (χ0) is 14.7. The van der Waals surface area contributed by atoms with E-state index < -0.39 is 22.6 Å². The molecule has 1 N–H and O–H groups in total. The van der Waals surface area contributed by atoms with Crippen LogP contribution in [0.5, 0.6) is 0 Å². The Kier molecular flexibility index (Phi) is 4.50. The SMILES string of the molecule is COC1=C(OC)C(=O)C(C=C(C)C(=O)O)=C(Cl)C1=O. The first-order valence-corrected chi connectivity index (χ1v) is 5.46. The largest absolute Gasteiger partial charge is 0.489 e. The molecule has 0 atom stereocenters. The Morgan fingerprint density at radius 1 is 1.16 bits per heavy atom. The summed E-state index contributed by atoms with van der Waals surface area (Å²) in [4.78, 5) is 34.6. The smallest absolute Gasteiger partial charge is 0.331 e. The van der Waals surface area contributed by atoms with Crippen molar-refractivity contribution in [3.8, 4) is 0 Å². The Hall–Kier alpha value is -2.08. The Morgan fingerprint density at radius 2 is 1.63 bits per heavy atom. The van der Waals surface area contributed by atoms with Gasteiger partial charge in [-0.25, -0.2) is 4.79 Å². The molecule has 0 saturated heterocycles. The zero-order valence-corrected chi connectivity index (χ0v) is 11.2. The van der Waals surface area contributed by atoms with Gasteiger partial charge in [0.15, 0.2) is 0 Å². The van der Waals surface area contributed by atoms with Crippen molar-refractivity contribution in [1.82, 2.24) is 0 Å². The van der Waals surface area contributed by atoms with Crippen LogP contribution in [0.15, 0.2) is 33.8 Å². The number of ketones is 2. The van der Waals surface area contributed by atoms with Crippen molar-refractivity contribution < 1.29 is 29.0 Å². The van der Waals surface area contributed by atoms with Gasteiger partial charge in [0.1, 0.15) is 5.03 Å². The summed E-state index contributed by atoms with van der Waals surface area (Å²) in [6, 6.07) is 0. The van der Waals surface area contributed by atoms with Crippen LogP contribution < -0.4 is 0 Å². The van der Waals surface area contributed by atoms with E-state index in [4.69, 9.17) is 26.2 Å². The van der Waals surface area contributed by atoms with Crippen LogP contribution in [0.4, 0.5) is 0 Å². The maximum Gasteiger partial charge on any atom is 0.331 e. The molecule has 0 aromatic rings. The molecule has 102 valence electrons. The number of methoxy groups -OCH3 is 2. The lowest BCUT2D eigenvalue weighted by atomic mass is 9.98. The number of Topliss-reactive ketones (excluding diaryl/α,β-unsaturated/α-hetero) is 2. The van der Waals surface area contributed by atoms with Crippen LogP contribution >= 0.6 is 11.6 Å². The van der Waals surface area contributed by atoms with Crippen molar-refractivity contribution in [3.05, 3.63) is 33.8 Å². The average Bonchev–Trinajstić information content (AvgIpc) is 2.37. The van der Waals surface area contributed by atoms with Gasteiger partial charge in [-0.1, -0.05) is 11.6 Å². The lowest BCUT2D eigenvalue weighted by molar-refractivity contribution is -0.132. The summed E-state index contributed by atoms with van der Waals surface area (Å²) in [6.45, 7) is 1.28. The van der Waals surface area contributed by atoms with Gasteiger partial charge in [-0.2, -0.15) is 0 Å². The number of hydrogen-bond acceptors (Lipinski definition) is 5. The van der Waals surface area contributed by atoms with Crippen LogP contribution in [0, 0.1) is 0 Å². The molecule has 0 aromatic heterocycles. The number of ether oxygens (including phenoxy) is 2. The second-order valence-corrected chi connectivity index (χ2v) is 3.96. The van der Waals surface area contributed by atoms with Gasteiger partial charge in [0.2, 0.25) is 23.1 Å². The van der Waals surface area contributed by atoms with Crippen molar-refractivity contribution in [2.75, 3.05) is 14.2 Å². The normalized spacial score (nSPS) is 16.9. The number of rotatable bonds is 4. The minimum absolute atomic E-state index is 0.134. The lowest BCUT2D eigenvalue weighted by Crippen LogP contribution is -2.23. The summed E-state index contributed by atoms with van der Waals surface area (Å²) in [7, 11) is 2.40. The lowest BCUT2D eigenvalue weighted by Gasteiger charge is -2.17. The van der Waals surface area contributed by atoms with E-state index in [0.29, 0.717) is 0 Å². The first-order valence-electron chi connectivity index (χ1n) is 5.08. The molecule has 7 heteroatoms. The van der Waals surface area contributed by atoms with Crippen LogP contribution in [-0.2, 0) is 23.9 Å². The second kappa shape index (κ2) is 5.71. The average molecular weight is 287 g/mol. The van der Waals surface area contributed by atoms with Gasteiger partial charge in [0.25, 0.3) is 0 Å². The summed E-state index contributed by atoms with van der Waals surface area (Å²) in [5.74, 6) is -3.27. The van der Waals surface area contributed by atoms with Gasteiger partial charge < -0.3 is 14.6 Å². The van der Waals surface area contributed by atoms with Crippen molar-refractivity contribution in [2.45, 2.75) is 6.92 Å². The Morgan fingerprint density at radius 3 is 2.05 bits per heavy atom. The topological polar surface area (TPSA) is 89.9 Å². The van der Waals surface area contributed by atoms with Gasteiger partial charge in [-0.15, -0.1) is 0 Å². The fourth-order valence-corrected chi connectivity index (χ4v) is 1.65. The molecule has 0 saturated carbocycles. The van der Waals surface area contributed by atoms with Crippen molar-refractivity contribution >= 4 is 29.1 Å². The van der Waals surface area contributed by atoms with Crippen molar-refractivity contribution in [1.29, 1.82) is 0 Å². The first-order chi connectivity index (χ1) is 8.84. The number of aliphatic carboxylic acids is 1. The van der Waals surface area contributed by atoms with Crippen LogP contribution in [0.2, 0.25) is 0 Å². The van der Waals surface area contributed by atoms with Crippen LogP contribution in [0.3, 0.4) is 0 Å². The summed E-state index contributed by atoms with van der Waals surface area (Å²) >= 11 is 5.77. The maximum atomic E-state index is 12.0. The number of carboxylic acid groups (broad SMARTS) is 1. The van der Waals surface area contributed by atoms with Crippen LogP contribution in [0.25, 0.3) is 0 Å². The third-order valence-electron chi connectivity index (χ3n) is 2.41. The Labute approximate surface area is 113 Å². The molecule has 0 fully saturated rings. The van der Waals surface area contributed by atoms with E-state index in [0.717, 1.165) is 6.08 Å². The molecule has 0 aliphatic heterocycles. The molecule has 0 radical (unpaired) electrons. The molecule has 0 unspecified atom stereocenters. The number of carbonyl (C=O) groups excluding carboxylic acids is 2. The van der Waals surface area contributed by atoms with Crippen molar-refractivity contribution in [2.24, 2.45) is 0 Å². The highest BCUT2D eigenvalue weighted by Gasteiger charge is 2.35. The highest BCUT2D eigenvalue weighted by Crippen LogP contribution is 2.29. The van der Waals surface area contributed by atoms with E-state index in [1.54, 1.807) is 0 Å². The molecule has 6 nitrogen and oxygen atoms in total. The number of carboxylic acids is 1. The first kappa shape index (κ1) is 15.0. The summed E-state index contributed by atoms with van der Waals surface area (Å²) in [5, 5.41) is 8.37. The molecular formula is C12H11ClO6. The zero-order valence-electron chi connectivity index (χ0n) is 10.4. The minimum atomic E-state index is -1.22.